The smallest absolute Gasteiger partial charge is 0.346 e. The molecule has 1 atom stereocenters. The van der Waals surface area contributed by atoms with Gasteiger partial charge in [0.25, 0.3) is 0 Å². The predicted molar refractivity (Wildman–Crippen MR) is 125 cm³/mol. The molecule has 1 aliphatic heterocycles. The third-order valence-electron chi connectivity index (χ3n) is 5.38. The quantitative estimate of drug-likeness (QED) is 0.459. The molecule has 0 bridgehead atoms. The van der Waals surface area contributed by atoms with Crippen molar-refractivity contribution < 1.29 is 28.6 Å². The second kappa shape index (κ2) is 9.23. The van der Waals surface area contributed by atoms with E-state index in [-0.39, 0.29) is 23.1 Å². The number of carbonyl (C=O) groups is 2. The molecule has 0 spiro atoms. The highest BCUT2D eigenvalue weighted by Crippen LogP contribution is 2.50. The number of rotatable bonds is 7. The minimum atomic E-state index is -1.13. The SMILES string of the molecule is COc1cc([C@@H]2CC(=O)Nc3c2sc(C(=O)O)c3-c2cccc(F)c2)ccc1OCC(C)C. The molecule has 1 amide bonds. The second-order valence-electron chi connectivity index (χ2n) is 8.28. The van der Waals surface area contributed by atoms with Crippen molar-refractivity contribution >= 4 is 28.9 Å². The number of benzene rings is 2. The first kappa shape index (κ1) is 22.8. The van der Waals surface area contributed by atoms with Crippen molar-refractivity contribution in [3.05, 3.63) is 63.6 Å². The van der Waals surface area contributed by atoms with Crippen LogP contribution < -0.4 is 14.8 Å². The zero-order valence-corrected chi connectivity index (χ0v) is 19.3. The number of ether oxygens (including phenoxy) is 2. The summed E-state index contributed by atoms with van der Waals surface area (Å²) in [5, 5.41) is 12.7. The second-order valence-corrected chi connectivity index (χ2v) is 9.33. The molecule has 2 N–H and O–H groups in total. The van der Waals surface area contributed by atoms with Gasteiger partial charge < -0.3 is 19.9 Å². The molecule has 0 radical (unpaired) electrons. The molecule has 2 heterocycles. The molecule has 8 heteroatoms. The standard InChI is InChI=1S/C25H24FNO5S/c1-13(2)12-32-18-8-7-14(10-19(18)31-3)17-11-20(28)27-22-21(15-5-4-6-16(26)9-15)24(25(29)30)33-23(17)22/h4-10,13,17H,11-12H2,1-3H3,(H,27,28)(H,29,30)/t17-/m0/s1. The number of amides is 1. The lowest BCUT2D eigenvalue weighted by Crippen LogP contribution is -2.22. The number of nitrogens with one attached hydrogen (secondary N) is 1. The highest BCUT2D eigenvalue weighted by atomic mass is 32.1. The van der Waals surface area contributed by atoms with Crippen molar-refractivity contribution in [3.63, 3.8) is 0 Å². The van der Waals surface area contributed by atoms with Gasteiger partial charge >= 0.3 is 5.97 Å². The first-order valence-electron chi connectivity index (χ1n) is 10.5. The van der Waals surface area contributed by atoms with E-state index < -0.39 is 11.8 Å². The van der Waals surface area contributed by atoms with Crippen LogP contribution in [-0.4, -0.2) is 30.7 Å². The van der Waals surface area contributed by atoms with Gasteiger partial charge in [-0.05, 0) is 41.3 Å². The number of thiophene rings is 1. The Hall–Kier alpha value is -3.39. The molecule has 172 valence electrons. The lowest BCUT2D eigenvalue weighted by molar-refractivity contribution is -0.116. The third kappa shape index (κ3) is 4.57. The number of fused-ring (bicyclic) bond motifs is 1. The van der Waals surface area contributed by atoms with Crippen LogP contribution in [0.4, 0.5) is 10.1 Å². The van der Waals surface area contributed by atoms with E-state index in [1.807, 2.05) is 18.2 Å². The summed E-state index contributed by atoms with van der Waals surface area (Å²) in [6, 6.07) is 11.2. The Morgan fingerprint density at radius 1 is 1.24 bits per heavy atom. The molecule has 0 fully saturated rings. The monoisotopic (exact) mass is 469 g/mol. The van der Waals surface area contributed by atoms with Crippen LogP contribution >= 0.6 is 11.3 Å². The molecule has 1 aliphatic rings. The predicted octanol–water partition coefficient (Wildman–Crippen LogP) is 5.77. The molecule has 33 heavy (non-hydrogen) atoms. The van der Waals surface area contributed by atoms with E-state index in [4.69, 9.17) is 9.47 Å². The zero-order valence-electron chi connectivity index (χ0n) is 18.5. The summed E-state index contributed by atoms with van der Waals surface area (Å²) < 4.78 is 25.3. The average Bonchev–Trinajstić information content (AvgIpc) is 3.16. The van der Waals surface area contributed by atoms with Gasteiger partial charge in [0, 0.05) is 22.8 Å². The molecule has 0 saturated heterocycles. The van der Waals surface area contributed by atoms with E-state index >= 15 is 0 Å². The Labute approximate surface area is 195 Å². The fourth-order valence-corrected chi connectivity index (χ4v) is 5.15. The van der Waals surface area contributed by atoms with Gasteiger partial charge in [0.05, 0.1) is 19.4 Å². The van der Waals surface area contributed by atoms with Gasteiger partial charge in [-0.25, -0.2) is 9.18 Å². The number of hydrogen-bond acceptors (Lipinski definition) is 5. The molecule has 0 aliphatic carbocycles. The molecule has 0 unspecified atom stereocenters. The molecular formula is C25H24FNO5S. The van der Waals surface area contributed by atoms with Crippen LogP contribution in [-0.2, 0) is 4.79 Å². The van der Waals surface area contributed by atoms with Gasteiger partial charge in [0.1, 0.15) is 10.7 Å². The van der Waals surface area contributed by atoms with Crippen LogP contribution in [0.25, 0.3) is 11.1 Å². The Kier molecular flexibility index (Phi) is 6.37. The van der Waals surface area contributed by atoms with Crippen molar-refractivity contribution in [1.82, 2.24) is 0 Å². The Balaban J connectivity index is 1.82. The number of carboxylic acid groups (broad SMARTS) is 1. The number of aromatic carboxylic acids is 1. The maximum Gasteiger partial charge on any atom is 0.346 e. The van der Waals surface area contributed by atoms with Crippen molar-refractivity contribution in [2.24, 2.45) is 5.92 Å². The summed E-state index contributed by atoms with van der Waals surface area (Å²) in [6.45, 7) is 4.64. The summed E-state index contributed by atoms with van der Waals surface area (Å²) in [6.07, 6.45) is 0.157. The highest BCUT2D eigenvalue weighted by Gasteiger charge is 2.35. The van der Waals surface area contributed by atoms with Crippen molar-refractivity contribution in [3.8, 4) is 22.6 Å². The minimum absolute atomic E-state index is 0.0571. The Bertz CT molecular complexity index is 1220. The fraction of sp³-hybridized carbons (Fsp3) is 0.280. The molecule has 1 aromatic heterocycles. The molecule has 3 aromatic rings. The maximum atomic E-state index is 13.9. The molecule has 2 aromatic carbocycles. The number of anilines is 1. The van der Waals surface area contributed by atoms with E-state index in [2.05, 4.69) is 19.2 Å². The molecular weight excluding hydrogens is 445 g/mol. The van der Waals surface area contributed by atoms with Crippen LogP contribution in [0.3, 0.4) is 0 Å². The van der Waals surface area contributed by atoms with Crippen LogP contribution in [0, 0.1) is 11.7 Å². The van der Waals surface area contributed by atoms with Crippen molar-refractivity contribution in [2.75, 3.05) is 19.0 Å². The lowest BCUT2D eigenvalue weighted by atomic mass is 9.88. The van der Waals surface area contributed by atoms with E-state index in [9.17, 15) is 19.1 Å². The van der Waals surface area contributed by atoms with Gasteiger partial charge in [-0.15, -0.1) is 11.3 Å². The zero-order chi connectivity index (χ0) is 23.7. The summed E-state index contributed by atoms with van der Waals surface area (Å²) in [7, 11) is 1.55. The van der Waals surface area contributed by atoms with Gasteiger partial charge in [-0.2, -0.15) is 0 Å². The number of carboxylic acids is 1. The van der Waals surface area contributed by atoms with Crippen molar-refractivity contribution in [2.45, 2.75) is 26.2 Å². The Morgan fingerprint density at radius 2 is 2.03 bits per heavy atom. The van der Waals surface area contributed by atoms with Gasteiger partial charge in [-0.1, -0.05) is 32.0 Å². The normalized spacial score (nSPS) is 15.2. The fourth-order valence-electron chi connectivity index (χ4n) is 3.90. The number of carbonyl (C=O) groups excluding carboxylic acids is 1. The van der Waals surface area contributed by atoms with E-state index in [1.165, 1.54) is 18.2 Å². The summed E-state index contributed by atoms with van der Waals surface area (Å²) >= 11 is 1.10. The average molecular weight is 470 g/mol. The first-order chi connectivity index (χ1) is 15.8. The van der Waals surface area contributed by atoms with E-state index in [1.54, 1.807) is 13.2 Å². The first-order valence-corrected chi connectivity index (χ1v) is 11.4. The highest BCUT2D eigenvalue weighted by molar-refractivity contribution is 7.15. The topological polar surface area (TPSA) is 84.9 Å². The summed E-state index contributed by atoms with van der Waals surface area (Å²) in [4.78, 5) is 25.5. The largest absolute Gasteiger partial charge is 0.493 e. The number of methoxy groups -OCH3 is 1. The van der Waals surface area contributed by atoms with E-state index in [0.29, 0.717) is 45.7 Å². The lowest BCUT2D eigenvalue weighted by Gasteiger charge is -2.24. The van der Waals surface area contributed by atoms with Crippen LogP contribution in [0.1, 0.15) is 46.3 Å². The van der Waals surface area contributed by atoms with Crippen LogP contribution in [0.5, 0.6) is 11.5 Å². The number of halogens is 1. The van der Waals surface area contributed by atoms with Gasteiger partial charge in [0.2, 0.25) is 5.91 Å². The van der Waals surface area contributed by atoms with Crippen LogP contribution in [0.2, 0.25) is 0 Å². The molecule has 0 saturated carbocycles. The molecule has 4 rings (SSSR count). The summed E-state index contributed by atoms with van der Waals surface area (Å²) in [5.41, 5.74) is 1.96. The third-order valence-corrected chi connectivity index (χ3v) is 6.67. The van der Waals surface area contributed by atoms with E-state index in [0.717, 1.165) is 16.9 Å². The minimum Gasteiger partial charge on any atom is -0.493 e. The summed E-state index contributed by atoms with van der Waals surface area (Å²) in [5.74, 6) is -0.720. The van der Waals surface area contributed by atoms with Crippen molar-refractivity contribution in [1.29, 1.82) is 0 Å². The maximum absolute atomic E-state index is 13.9. The Morgan fingerprint density at radius 3 is 2.70 bits per heavy atom. The van der Waals surface area contributed by atoms with Gasteiger partial charge in [-0.3, -0.25) is 4.79 Å². The van der Waals surface area contributed by atoms with Gasteiger partial charge in [0.15, 0.2) is 11.5 Å². The van der Waals surface area contributed by atoms with Crippen LogP contribution in [0.15, 0.2) is 42.5 Å². The number of hydrogen-bond donors (Lipinski definition) is 2. The molecule has 6 nitrogen and oxygen atoms in total.